The van der Waals surface area contributed by atoms with Gasteiger partial charge in [0.1, 0.15) is 0 Å². The van der Waals surface area contributed by atoms with Crippen molar-refractivity contribution in [2.75, 3.05) is 0 Å². The van der Waals surface area contributed by atoms with Crippen molar-refractivity contribution in [3.8, 4) is 0 Å². The Hall–Kier alpha value is -0.340. The van der Waals surface area contributed by atoms with Gasteiger partial charge in [-0.25, -0.2) is 0 Å². The van der Waals surface area contributed by atoms with Crippen LogP contribution in [-0.2, 0) is 0 Å². The first-order valence-corrected chi connectivity index (χ1v) is 6.31. The van der Waals surface area contributed by atoms with Gasteiger partial charge >= 0.3 is 0 Å². The number of hydrogen-bond donors (Lipinski definition) is 1. The predicted octanol–water partition coefficient (Wildman–Crippen LogP) is 3.37. The molecule has 1 saturated carbocycles. The van der Waals surface area contributed by atoms with Gasteiger partial charge in [-0.1, -0.05) is 13.8 Å². The summed E-state index contributed by atoms with van der Waals surface area (Å²) in [7, 11) is 0. The second kappa shape index (κ2) is 3.67. The van der Waals surface area contributed by atoms with Crippen LogP contribution in [0.25, 0.3) is 0 Å². The first kappa shape index (κ1) is 10.2. The van der Waals surface area contributed by atoms with E-state index in [1.165, 1.54) is 18.4 Å². The largest absolute Gasteiger partial charge is 0.328 e. The molecule has 1 aromatic rings. The molecule has 1 aliphatic rings. The van der Waals surface area contributed by atoms with Crippen LogP contribution in [0.2, 0.25) is 0 Å². The summed E-state index contributed by atoms with van der Waals surface area (Å²) in [6.45, 7) is 4.75. The van der Waals surface area contributed by atoms with Crippen LogP contribution in [0.5, 0.6) is 0 Å². The number of thiophene rings is 1. The average Bonchev–Trinajstić information content (AvgIpc) is 2.62. The van der Waals surface area contributed by atoms with Crippen molar-refractivity contribution in [1.29, 1.82) is 0 Å². The maximum Gasteiger partial charge on any atom is 0.00450 e. The molecule has 1 nitrogen and oxygen atoms in total. The Labute approximate surface area is 90.3 Å². The zero-order valence-electron chi connectivity index (χ0n) is 8.99. The monoisotopic (exact) mass is 209 g/mol. The van der Waals surface area contributed by atoms with E-state index < -0.39 is 0 Å². The van der Waals surface area contributed by atoms with Crippen LogP contribution >= 0.6 is 11.3 Å². The average molecular weight is 209 g/mol. The molecule has 0 bridgehead atoms. The lowest BCUT2D eigenvalue weighted by atomic mass is 9.65. The first-order valence-electron chi connectivity index (χ1n) is 5.37. The van der Waals surface area contributed by atoms with Crippen molar-refractivity contribution in [2.45, 2.75) is 45.1 Å². The van der Waals surface area contributed by atoms with Gasteiger partial charge in [-0.2, -0.15) is 11.3 Å². The summed E-state index contributed by atoms with van der Waals surface area (Å²) in [6, 6.07) is 2.67. The number of rotatable bonds is 1. The Morgan fingerprint density at radius 1 is 1.50 bits per heavy atom. The molecule has 14 heavy (non-hydrogen) atoms. The van der Waals surface area contributed by atoms with E-state index in [-0.39, 0.29) is 0 Å². The van der Waals surface area contributed by atoms with Gasteiger partial charge in [0.15, 0.2) is 0 Å². The standard InChI is InChI=1S/C12H19NS/c1-12(2)5-3-10(13)7-11(12)9-4-6-14-8-9/h4,6,8,10-11H,3,5,7,13H2,1-2H3. The van der Waals surface area contributed by atoms with E-state index in [9.17, 15) is 0 Å². The molecule has 2 atom stereocenters. The minimum Gasteiger partial charge on any atom is -0.328 e. The second-order valence-corrected chi connectivity index (χ2v) is 5.91. The van der Waals surface area contributed by atoms with Crippen molar-refractivity contribution in [3.05, 3.63) is 22.4 Å². The third-order valence-electron chi connectivity index (χ3n) is 3.59. The van der Waals surface area contributed by atoms with Gasteiger partial charge in [0.25, 0.3) is 0 Å². The second-order valence-electron chi connectivity index (χ2n) is 5.13. The molecule has 2 heteroatoms. The van der Waals surface area contributed by atoms with Gasteiger partial charge in [0.05, 0.1) is 0 Å². The Morgan fingerprint density at radius 2 is 2.29 bits per heavy atom. The molecule has 0 spiro atoms. The maximum atomic E-state index is 6.06. The summed E-state index contributed by atoms with van der Waals surface area (Å²) in [5.74, 6) is 0.664. The highest BCUT2D eigenvalue weighted by Gasteiger charge is 2.36. The smallest absolute Gasteiger partial charge is 0.00450 e. The Morgan fingerprint density at radius 3 is 2.93 bits per heavy atom. The van der Waals surface area contributed by atoms with Crippen LogP contribution in [0, 0.1) is 5.41 Å². The summed E-state index contributed by atoms with van der Waals surface area (Å²) < 4.78 is 0. The van der Waals surface area contributed by atoms with E-state index in [1.807, 2.05) is 0 Å². The molecule has 2 unspecified atom stereocenters. The van der Waals surface area contributed by atoms with Crippen molar-refractivity contribution in [1.82, 2.24) is 0 Å². The molecule has 1 fully saturated rings. The Balaban J connectivity index is 2.22. The molecule has 0 aliphatic heterocycles. The first-order chi connectivity index (χ1) is 6.59. The molecular formula is C12H19NS. The molecule has 0 aromatic carbocycles. The fourth-order valence-corrected chi connectivity index (χ4v) is 3.25. The molecule has 2 N–H and O–H groups in total. The highest BCUT2D eigenvalue weighted by molar-refractivity contribution is 7.07. The van der Waals surface area contributed by atoms with E-state index in [2.05, 4.69) is 30.7 Å². The minimum atomic E-state index is 0.410. The number of nitrogens with two attached hydrogens (primary N) is 1. The third-order valence-corrected chi connectivity index (χ3v) is 4.29. The van der Waals surface area contributed by atoms with Crippen LogP contribution in [-0.4, -0.2) is 6.04 Å². The van der Waals surface area contributed by atoms with Crippen molar-refractivity contribution in [2.24, 2.45) is 11.1 Å². The van der Waals surface area contributed by atoms with Crippen LogP contribution in [0.3, 0.4) is 0 Å². The summed E-state index contributed by atoms with van der Waals surface area (Å²) in [5.41, 5.74) is 7.98. The minimum absolute atomic E-state index is 0.410. The Bertz CT molecular complexity index is 289. The number of hydrogen-bond acceptors (Lipinski definition) is 2. The van der Waals surface area contributed by atoms with E-state index in [4.69, 9.17) is 5.73 Å². The van der Waals surface area contributed by atoms with Crippen LogP contribution < -0.4 is 5.73 Å². The highest BCUT2D eigenvalue weighted by atomic mass is 32.1. The fourth-order valence-electron chi connectivity index (χ4n) is 2.53. The lowest BCUT2D eigenvalue weighted by molar-refractivity contribution is 0.183. The van der Waals surface area contributed by atoms with E-state index in [1.54, 1.807) is 11.3 Å². The molecule has 2 rings (SSSR count). The van der Waals surface area contributed by atoms with Crippen LogP contribution in [0.15, 0.2) is 16.8 Å². The highest BCUT2D eigenvalue weighted by Crippen LogP contribution is 2.46. The lowest BCUT2D eigenvalue weighted by Gasteiger charge is -2.41. The molecular weight excluding hydrogens is 190 g/mol. The molecule has 78 valence electrons. The van der Waals surface area contributed by atoms with Gasteiger partial charge < -0.3 is 5.73 Å². The van der Waals surface area contributed by atoms with Gasteiger partial charge in [-0.15, -0.1) is 0 Å². The SMILES string of the molecule is CC1(C)CCC(N)CC1c1ccsc1. The third kappa shape index (κ3) is 1.86. The zero-order chi connectivity index (χ0) is 10.2. The van der Waals surface area contributed by atoms with E-state index >= 15 is 0 Å². The molecule has 0 radical (unpaired) electrons. The molecule has 0 saturated heterocycles. The van der Waals surface area contributed by atoms with Crippen LogP contribution in [0.1, 0.15) is 44.6 Å². The normalized spacial score (nSPS) is 31.6. The quantitative estimate of drug-likeness (QED) is 0.754. The lowest BCUT2D eigenvalue weighted by Crippen LogP contribution is -2.36. The van der Waals surface area contributed by atoms with Crippen molar-refractivity contribution in [3.63, 3.8) is 0 Å². The van der Waals surface area contributed by atoms with Gasteiger partial charge in [-0.3, -0.25) is 0 Å². The fraction of sp³-hybridized carbons (Fsp3) is 0.667. The van der Waals surface area contributed by atoms with E-state index in [0.717, 1.165) is 6.42 Å². The zero-order valence-corrected chi connectivity index (χ0v) is 9.81. The van der Waals surface area contributed by atoms with Crippen molar-refractivity contribution < 1.29 is 0 Å². The molecule has 1 aromatic heterocycles. The van der Waals surface area contributed by atoms with Gasteiger partial charge in [0.2, 0.25) is 0 Å². The Kier molecular flexibility index (Phi) is 2.67. The predicted molar refractivity (Wildman–Crippen MR) is 62.7 cm³/mol. The summed E-state index contributed by atoms with van der Waals surface area (Å²) >= 11 is 1.79. The summed E-state index contributed by atoms with van der Waals surface area (Å²) in [5, 5.41) is 4.45. The maximum absolute atomic E-state index is 6.06. The topological polar surface area (TPSA) is 26.0 Å². The molecule has 1 heterocycles. The van der Waals surface area contributed by atoms with E-state index in [0.29, 0.717) is 17.4 Å². The van der Waals surface area contributed by atoms with Gasteiger partial charge in [-0.05, 0) is 53.0 Å². The van der Waals surface area contributed by atoms with Crippen molar-refractivity contribution >= 4 is 11.3 Å². The summed E-state index contributed by atoms with van der Waals surface area (Å²) in [4.78, 5) is 0. The van der Waals surface area contributed by atoms with Crippen LogP contribution in [0.4, 0.5) is 0 Å². The summed E-state index contributed by atoms with van der Waals surface area (Å²) in [6.07, 6.45) is 3.60. The van der Waals surface area contributed by atoms with Gasteiger partial charge in [0, 0.05) is 6.04 Å². The molecule has 0 amide bonds. The molecule has 1 aliphatic carbocycles.